The van der Waals surface area contributed by atoms with Crippen LogP contribution in [0.3, 0.4) is 0 Å². The SMILES string of the molecule is CN1CCCN(CCCNc2ccc(C(=O)c3ccccc3)cc2[N+](=O)[O-])CC1. The third-order valence-corrected chi connectivity index (χ3v) is 5.27. The van der Waals surface area contributed by atoms with Gasteiger partial charge in [-0.05, 0) is 51.7 Å². The van der Waals surface area contributed by atoms with E-state index < -0.39 is 4.92 Å². The van der Waals surface area contributed by atoms with E-state index in [1.54, 1.807) is 36.4 Å². The lowest BCUT2D eigenvalue weighted by atomic mass is 10.0. The normalized spacial score (nSPS) is 15.6. The molecule has 0 saturated carbocycles. The monoisotopic (exact) mass is 396 g/mol. The molecule has 0 aliphatic carbocycles. The van der Waals surface area contributed by atoms with Crippen molar-refractivity contribution in [2.75, 3.05) is 51.6 Å². The zero-order valence-corrected chi connectivity index (χ0v) is 16.8. The van der Waals surface area contributed by atoms with Crippen molar-refractivity contribution in [3.8, 4) is 0 Å². The Balaban J connectivity index is 1.59. The number of anilines is 1. The van der Waals surface area contributed by atoms with Gasteiger partial charge in [-0.1, -0.05) is 30.3 Å². The van der Waals surface area contributed by atoms with E-state index in [-0.39, 0.29) is 11.5 Å². The van der Waals surface area contributed by atoms with Gasteiger partial charge in [-0.3, -0.25) is 14.9 Å². The molecule has 1 N–H and O–H groups in total. The number of hydrogen-bond donors (Lipinski definition) is 1. The van der Waals surface area contributed by atoms with Crippen LogP contribution in [-0.2, 0) is 0 Å². The second-order valence-electron chi connectivity index (χ2n) is 7.46. The van der Waals surface area contributed by atoms with Crippen molar-refractivity contribution in [2.45, 2.75) is 12.8 Å². The van der Waals surface area contributed by atoms with Crippen LogP contribution in [0.4, 0.5) is 11.4 Å². The van der Waals surface area contributed by atoms with Crippen LogP contribution in [-0.4, -0.2) is 66.8 Å². The molecule has 1 aliphatic heterocycles. The number of hydrogen-bond acceptors (Lipinski definition) is 6. The molecule has 154 valence electrons. The standard InChI is InChI=1S/C22H28N4O3/c1-24-12-6-14-25(16-15-24)13-5-11-23-20-10-9-19(17-21(20)26(28)29)22(27)18-7-3-2-4-8-18/h2-4,7-10,17,23H,5-6,11-16H2,1H3. The summed E-state index contributed by atoms with van der Waals surface area (Å²) in [6.07, 6.45) is 2.08. The van der Waals surface area contributed by atoms with Crippen molar-refractivity contribution in [3.63, 3.8) is 0 Å². The first-order valence-electron chi connectivity index (χ1n) is 10.1. The van der Waals surface area contributed by atoms with E-state index in [0.717, 1.165) is 39.1 Å². The van der Waals surface area contributed by atoms with Gasteiger partial charge in [0.05, 0.1) is 4.92 Å². The van der Waals surface area contributed by atoms with Gasteiger partial charge in [0, 0.05) is 36.8 Å². The first kappa shape index (κ1) is 21.0. The molecular formula is C22H28N4O3. The van der Waals surface area contributed by atoms with Crippen LogP contribution in [0.15, 0.2) is 48.5 Å². The van der Waals surface area contributed by atoms with Crippen LogP contribution < -0.4 is 5.32 Å². The number of benzene rings is 2. The van der Waals surface area contributed by atoms with Crippen LogP contribution in [0.1, 0.15) is 28.8 Å². The zero-order chi connectivity index (χ0) is 20.6. The molecule has 1 saturated heterocycles. The summed E-state index contributed by atoms with van der Waals surface area (Å²) in [5.41, 5.74) is 1.23. The van der Waals surface area contributed by atoms with Crippen molar-refractivity contribution >= 4 is 17.2 Å². The van der Waals surface area contributed by atoms with Gasteiger partial charge < -0.3 is 15.1 Å². The number of nitro benzene ring substituents is 1. The average Bonchev–Trinajstić information content (AvgIpc) is 2.95. The van der Waals surface area contributed by atoms with Gasteiger partial charge in [-0.2, -0.15) is 0 Å². The number of rotatable bonds is 8. The van der Waals surface area contributed by atoms with Crippen LogP contribution >= 0.6 is 0 Å². The van der Waals surface area contributed by atoms with E-state index >= 15 is 0 Å². The molecule has 3 rings (SSSR count). The highest BCUT2D eigenvalue weighted by molar-refractivity contribution is 6.09. The fourth-order valence-electron chi connectivity index (χ4n) is 3.58. The molecule has 0 aromatic heterocycles. The first-order valence-corrected chi connectivity index (χ1v) is 10.1. The maximum atomic E-state index is 12.6. The van der Waals surface area contributed by atoms with Crippen LogP contribution in [0, 0.1) is 10.1 Å². The largest absolute Gasteiger partial charge is 0.379 e. The number of carbonyl (C=O) groups excluding carboxylic acids is 1. The smallest absolute Gasteiger partial charge is 0.293 e. The third-order valence-electron chi connectivity index (χ3n) is 5.27. The molecule has 1 fully saturated rings. The molecule has 1 aliphatic rings. The number of carbonyl (C=O) groups is 1. The lowest BCUT2D eigenvalue weighted by Crippen LogP contribution is -2.30. The Hall–Kier alpha value is -2.77. The number of likely N-dealkylation sites (N-methyl/N-ethyl adjacent to an activating group) is 1. The summed E-state index contributed by atoms with van der Waals surface area (Å²) >= 11 is 0. The van der Waals surface area contributed by atoms with Crippen LogP contribution in [0.2, 0.25) is 0 Å². The number of nitro groups is 1. The summed E-state index contributed by atoms with van der Waals surface area (Å²) in [5.74, 6) is -0.216. The van der Waals surface area contributed by atoms with Crippen molar-refractivity contribution < 1.29 is 9.72 Å². The maximum absolute atomic E-state index is 12.6. The second kappa shape index (κ2) is 10.1. The van der Waals surface area contributed by atoms with Crippen molar-refractivity contribution in [1.29, 1.82) is 0 Å². The molecule has 7 heteroatoms. The minimum atomic E-state index is -0.436. The molecule has 7 nitrogen and oxygen atoms in total. The second-order valence-corrected chi connectivity index (χ2v) is 7.46. The summed E-state index contributed by atoms with van der Waals surface area (Å²) in [6, 6.07) is 13.4. The van der Waals surface area contributed by atoms with Crippen molar-refractivity contribution in [2.24, 2.45) is 0 Å². The highest BCUT2D eigenvalue weighted by atomic mass is 16.6. The number of nitrogens with one attached hydrogen (secondary N) is 1. The van der Waals surface area contributed by atoms with Gasteiger partial charge in [0.2, 0.25) is 0 Å². The molecule has 29 heavy (non-hydrogen) atoms. The maximum Gasteiger partial charge on any atom is 0.293 e. The summed E-state index contributed by atoms with van der Waals surface area (Å²) in [6.45, 7) is 6.00. The molecule has 0 amide bonds. The molecule has 0 spiro atoms. The lowest BCUT2D eigenvalue weighted by Gasteiger charge is -2.20. The first-order chi connectivity index (χ1) is 14.0. The molecule has 2 aromatic carbocycles. The summed E-state index contributed by atoms with van der Waals surface area (Å²) in [4.78, 5) is 28.4. The molecular weight excluding hydrogens is 368 g/mol. The van der Waals surface area contributed by atoms with Gasteiger partial charge in [-0.15, -0.1) is 0 Å². The van der Waals surface area contributed by atoms with Gasteiger partial charge in [-0.25, -0.2) is 0 Å². The number of nitrogens with zero attached hydrogens (tertiary/aromatic N) is 3. The Labute approximate surface area is 171 Å². The summed E-state index contributed by atoms with van der Waals surface area (Å²) in [7, 11) is 2.15. The Morgan fingerprint density at radius 2 is 1.86 bits per heavy atom. The Kier molecular flexibility index (Phi) is 7.32. The minimum absolute atomic E-state index is 0.0665. The highest BCUT2D eigenvalue weighted by Gasteiger charge is 2.18. The Morgan fingerprint density at radius 1 is 1.07 bits per heavy atom. The van der Waals surface area contributed by atoms with Crippen molar-refractivity contribution in [1.82, 2.24) is 9.80 Å². The Bertz CT molecular complexity index is 841. The van der Waals surface area contributed by atoms with Gasteiger partial charge in [0.15, 0.2) is 5.78 Å². The third kappa shape index (κ3) is 5.85. The van der Waals surface area contributed by atoms with E-state index in [0.29, 0.717) is 23.4 Å². The molecule has 2 aromatic rings. The highest BCUT2D eigenvalue weighted by Crippen LogP contribution is 2.26. The van der Waals surface area contributed by atoms with Crippen LogP contribution in [0.25, 0.3) is 0 Å². The predicted molar refractivity (Wildman–Crippen MR) is 115 cm³/mol. The van der Waals surface area contributed by atoms with E-state index in [2.05, 4.69) is 22.2 Å². The number of ketones is 1. The van der Waals surface area contributed by atoms with E-state index in [4.69, 9.17) is 0 Å². The van der Waals surface area contributed by atoms with E-state index in [1.165, 1.54) is 12.5 Å². The van der Waals surface area contributed by atoms with Gasteiger partial charge in [0.1, 0.15) is 5.69 Å². The Morgan fingerprint density at radius 3 is 2.62 bits per heavy atom. The lowest BCUT2D eigenvalue weighted by molar-refractivity contribution is -0.384. The fraction of sp³-hybridized carbons (Fsp3) is 0.409. The van der Waals surface area contributed by atoms with Gasteiger partial charge >= 0.3 is 0 Å². The van der Waals surface area contributed by atoms with E-state index in [1.807, 2.05) is 6.07 Å². The molecule has 0 bridgehead atoms. The summed E-state index contributed by atoms with van der Waals surface area (Å²) in [5, 5.41) is 14.7. The fourth-order valence-corrected chi connectivity index (χ4v) is 3.58. The molecule has 0 atom stereocenters. The van der Waals surface area contributed by atoms with Crippen molar-refractivity contribution in [3.05, 3.63) is 69.8 Å². The quantitative estimate of drug-likeness (QED) is 0.319. The zero-order valence-electron chi connectivity index (χ0n) is 16.8. The van der Waals surface area contributed by atoms with E-state index in [9.17, 15) is 14.9 Å². The average molecular weight is 396 g/mol. The van der Waals surface area contributed by atoms with Gasteiger partial charge in [0.25, 0.3) is 5.69 Å². The molecule has 1 heterocycles. The molecule has 0 radical (unpaired) electrons. The molecule has 0 unspecified atom stereocenters. The predicted octanol–water partition coefficient (Wildman–Crippen LogP) is 3.27. The minimum Gasteiger partial charge on any atom is -0.379 e. The topological polar surface area (TPSA) is 78.7 Å². The summed E-state index contributed by atoms with van der Waals surface area (Å²) < 4.78 is 0. The van der Waals surface area contributed by atoms with Crippen LogP contribution in [0.5, 0.6) is 0 Å².